The van der Waals surface area contributed by atoms with Crippen LogP contribution in [0.25, 0.3) is 0 Å². The molecule has 250 valence electrons. The topological polar surface area (TPSA) is 135 Å². The zero-order valence-corrected chi connectivity index (χ0v) is 25.4. The molecular weight excluding hydrogens is 648 g/mol. The summed E-state index contributed by atoms with van der Waals surface area (Å²) in [5.74, 6) is -0.320. The molecule has 3 heterocycles. The number of hydrogen-bond donors (Lipinski definition) is 1. The van der Waals surface area contributed by atoms with E-state index in [2.05, 4.69) is 15.0 Å². The zero-order valence-electron chi connectivity index (χ0n) is 24.6. The van der Waals surface area contributed by atoms with Gasteiger partial charge in [0, 0.05) is 24.9 Å². The molecule has 2 atom stereocenters. The third-order valence-electron chi connectivity index (χ3n) is 7.17. The average molecular weight is 678 g/mol. The van der Waals surface area contributed by atoms with Gasteiger partial charge in [0.25, 0.3) is 0 Å². The second-order valence-corrected chi connectivity index (χ2v) is 12.7. The summed E-state index contributed by atoms with van der Waals surface area (Å²) in [5.41, 5.74) is -3.15. The number of sulfone groups is 1. The van der Waals surface area contributed by atoms with Crippen LogP contribution in [0.3, 0.4) is 0 Å². The van der Waals surface area contributed by atoms with Gasteiger partial charge < -0.3 is 19.5 Å². The van der Waals surface area contributed by atoms with Crippen molar-refractivity contribution in [3.63, 3.8) is 0 Å². The van der Waals surface area contributed by atoms with Crippen LogP contribution in [-0.2, 0) is 28.7 Å². The number of nitrogens with zero attached hydrogens (tertiary/aromatic N) is 5. The van der Waals surface area contributed by atoms with E-state index in [1.54, 1.807) is 6.92 Å². The molecule has 1 amide bonds. The van der Waals surface area contributed by atoms with Gasteiger partial charge >= 0.3 is 18.4 Å². The molecule has 1 aliphatic rings. The van der Waals surface area contributed by atoms with E-state index in [1.165, 1.54) is 36.5 Å². The number of ether oxygens (including phenoxy) is 2. The smallest absolute Gasteiger partial charge is 0.416 e. The molecule has 1 aliphatic heterocycles. The fraction of sp³-hybridized carbons (Fsp3) is 0.429. The second kappa shape index (κ2) is 13.2. The number of halogens is 6. The van der Waals surface area contributed by atoms with Crippen LogP contribution in [0, 0.1) is 0 Å². The van der Waals surface area contributed by atoms with Crippen molar-refractivity contribution < 1.29 is 54.1 Å². The van der Waals surface area contributed by atoms with E-state index in [-0.39, 0.29) is 59.4 Å². The summed E-state index contributed by atoms with van der Waals surface area (Å²) in [6.07, 6.45) is -7.79. The first-order chi connectivity index (χ1) is 21.4. The van der Waals surface area contributed by atoms with Crippen LogP contribution in [-0.4, -0.2) is 66.3 Å². The number of rotatable bonds is 10. The SMILES string of the molecule is CC[C@@H]1C[C@H](N(Cc2cc(C(F)(F)F)cc(C(F)(F)F)c2)c2ncc(OCCS(C)(=O)=O)cn2)c2nc(OC)ccc2N1C(=O)O. The van der Waals surface area contributed by atoms with Crippen LogP contribution in [0.15, 0.2) is 42.7 Å². The molecular formula is C28H29F6N5O6S. The van der Waals surface area contributed by atoms with Crippen LogP contribution in [0.1, 0.15) is 48.2 Å². The van der Waals surface area contributed by atoms with Crippen LogP contribution in [0.4, 0.5) is 42.8 Å². The first-order valence-electron chi connectivity index (χ1n) is 13.7. The summed E-state index contributed by atoms with van der Waals surface area (Å²) < 4.78 is 116. The number of amides is 1. The zero-order chi connectivity index (χ0) is 34.0. The predicted octanol–water partition coefficient (Wildman–Crippen LogP) is 5.76. The van der Waals surface area contributed by atoms with E-state index < -0.39 is 58.0 Å². The number of aromatic nitrogens is 3. The third-order valence-corrected chi connectivity index (χ3v) is 8.08. The molecule has 0 unspecified atom stereocenters. The van der Waals surface area contributed by atoms with E-state index >= 15 is 0 Å². The molecule has 4 rings (SSSR count). The Morgan fingerprint density at radius 2 is 1.67 bits per heavy atom. The molecule has 11 nitrogen and oxygen atoms in total. The molecule has 0 fully saturated rings. The minimum absolute atomic E-state index is 0.0109. The summed E-state index contributed by atoms with van der Waals surface area (Å²) in [4.78, 5) is 27.6. The lowest BCUT2D eigenvalue weighted by atomic mass is 9.92. The van der Waals surface area contributed by atoms with Crippen molar-refractivity contribution in [1.29, 1.82) is 0 Å². The third kappa shape index (κ3) is 8.07. The first-order valence-corrected chi connectivity index (χ1v) is 15.7. The van der Waals surface area contributed by atoms with E-state index in [1.807, 2.05) is 0 Å². The molecule has 0 radical (unpaired) electrons. The quantitative estimate of drug-likeness (QED) is 0.264. The van der Waals surface area contributed by atoms with Gasteiger partial charge in [-0.3, -0.25) is 4.90 Å². The van der Waals surface area contributed by atoms with Crippen molar-refractivity contribution in [3.05, 3.63) is 65.1 Å². The first kappa shape index (κ1) is 34.5. The number of alkyl halides is 6. The maximum Gasteiger partial charge on any atom is 0.416 e. The fourth-order valence-electron chi connectivity index (χ4n) is 5.04. The minimum atomic E-state index is -5.09. The van der Waals surface area contributed by atoms with E-state index in [0.717, 1.165) is 11.2 Å². The standard InChI is InChI=1S/C28H29F6N5O6S/c1-4-19-12-22(24-21(39(19)26(40)41)5-6-23(37-24)44-2)38(25-35-13-20(14-36-25)45-7-8-46(3,42)43)15-16-9-17(27(29,30)31)11-18(10-16)28(32,33)34/h5-6,9-11,13-14,19,22H,4,7-8,12,15H2,1-3H3,(H,40,41)/t19-,22+/m1/s1. The number of carboxylic acid groups (broad SMARTS) is 1. The Morgan fingerprint density at radius 3 is 2.17 bits per heavy atom. The van der Waals surface area contributed by atoms with Gasteiger partial charge in [-0.2, -0.15) is 26.3 Å². The molecule has 18 heteroatoms. The lowest BCUT2D eigenvalue weighted by Crippen LogP contribution is -2.47. The van der Waals surface area contributed by atoms with Gasteiger partial charge in [0.2, 0.25) is 11.8 Å². The van der Waals surface area contributed by atoms with Crippen molar-refractivity contribution >= 4 is 27.6 Å². The van der Waals surface area contributed by atoms with Crippen molar-refractivity contribution in [2.24, 2.45) is 0 Å². The van der Waals surface area contributed by atoms with Gasteiger partial charge in [-0.1, -0.05) is 6.92 Å². The number of anilines is 2. The Kier molecular flexibility index (Phi) is 9.89. The summed E-state index contributed by atoms with van der Waals surface area (Å²) >= 11 is 0. The van der Waals surface area contributed by atoms with E-state index in [9.17, 15) is 44.7 Å². The van der Waals surface area contributed by atoms with Crippen LogP contribution >= 0.6 is 0 Å². The Morgan fingerprint density at radius 1 is 1.07 bits per heavy atom. The average Bonchev–Trinajstić information content (AvgIpc) is 2.97. The highest BCUT2D eigenvalue weighted by Crippen LogP contribution is 2.44. The van der Waals surface area contributed by atoms with Gasteiger partial charge in [0.15, 0.2) is 15.6 Å². The van der Waals surface area contributed by atoms with Gasteiger partial charge in [0.1, 0.15) is 6.61 Å². The predicted molar refractivity (Wildman–Crippen MR) is 153 cm³/mol. The highest BCUT2D eigenvalue weighted by atomic mass is 32.2. The van der Waals surface area contributed by atoms with Gasteiger partial charge in [-0.15, -0.1) is 0 Å². The Bertz CT molecular complexity index is 1640. The van der Waals surface area contributed by atoms with Gasteiger partial charge in [-0.25, -0.2) is 28.2 Å². The van der Waals surface area contributed by atoms with Gasteiger partial charge in [-0.05, 0) is 42.7 Å². The molecule has 0 aliphatic carbocycles. The highest BCUT2D eigenvalue weighted by Gasteiger charge is 2.41. The summed E-state index contributed by atoms with van der Waals surface area (Å²) in [6, 6.07) is 2.46. The molecule has 0 saturated heterocycles. The second-order valence-electron chi connectivity index (χ2n) is 10.5. The van der Waals surface area contributed by atoms with Crippen LogP contribution in [0.2, 0.25) is 0 Å². The maximum absolute atomic E-state index is 13.7. The molecule has 1 N–H and O–H groups in total. The summed E-state index contributed by atoms with van der Waals surface area (Å²) in [6.45, 7) is 0.928. The lowest BCUT2D eigenvalue weighted by molar-refractivity contribution is -0.143. The lowest BCUT2D eigenvalue weighted by Gasteiger charge is -2.42. The number of pyridine rings is 1. The highest BCUT2D eigenvalue weighted by molar-refractivity contribution is 7.90. The largest absolute Gasteiger partial charge is 0.489 e. The van der Waals surface area contributed by atoms with E-state index in [4.69, 9.17) is 9.47 Å². The molecule has 0 spiro atoms. The number of carbonyl (C=O) groups is 1. The molecule has 3 aromatic rings. The van der Waals surface area contributed by atoms with Crippen molar-refractivity contribution in [2.45, 2.75) is 50.7 Å². The van der Waals surface area contributed by atoms with Crippen molar-refractivity contribution in [1.82, 2.24) is 15.0 Å². The minimum Gasteiger partial charge on any atom is -0.489 e. The molecule has 0 saturated carbocycles. The van der Waals surface area contributed by atoms with E-state index in [0.29, 0.717) is 18.6 Å². The van der Waals surface area contributed by atoms with Crippen LogP contribution < -0.4 is 19.3 Å². The fourth-order valence-corrected chi connectivity index (χ4v) is 5.42. The van der Waals surface area contributed by atoms with Crippen LogP contribution in [0.5, 0.6) is 11.6 Å². The maximum atomic E-state index is 13.7. The van der Waals surface area contributed by atoms with Crippen molar-refractivity contribution in [2.75, 3.05) is 35.5 Å². The molecule has 1 aromatic carbocycles. The Hall–Kier alpha value is -4.35. The molecule has 46 heavy (non-hydrogen) atoms. The summed E-state index contributed by atoms with van der Waals surface area (Å²) in [5, 5.41) is 10.0. The number of methoxy groups -OCH3 is 1. The Balaban J connectivity index is 1.87. The number of hydrogen-bond acceptors (Lipinski definition) is 9. The Labute approximate surface area is 259 Å². The van der Waals surface area contributed by atoms with Crippen molar-refractivity contribution in [3.8, 4) is 11.6 Å². The number of benzene rings is 1. The normalized spacial score (nSPS) is 16.9. The molecule has 0 bridgehead atoms. The number of fused-ring (bicyclic) bond motifs is 1. The monoisotopic (exact) mass is 677 g/mol. The molecule has 2 aromatic heterocycles. The summed E-state index contributed by atoms with van der Waals surface area (Å²) in [7, 11) is -2.02. The van der Waals surface area contributed by atoms with Gasteiger partial charge in [0.05, 0.1) is 53.8 Å².